The largest absolute Gasteiger partial charge is 0.450 e. The topological polar surface area (TPSA) is 38.3 Å². The molecule has 0 saturated heterocycles. The van der Waals surface area contributed by atoms with Crippen molar-refractivity contribution in [3.63, 3.8) is 0 Å². The van der Waals surface area contributed by atoms with Gasteiger partial charge >= 0.3 is 6.09 Å². The van der Waals surface area contributed by atoms with Gasteiger partial charge in [-0.15, -0.1) is 0 Å². The number of carbonyl (C=O) groups is 1. The van der Waals surface area contributed by atoms with Gasteiger partial charge in [0.2, 0.25) is 0 Å². The van der Waals surface area contributed by atoms with Crippen molar-refractivity contribution in [2.75, 3.05) is 13.7 Å². The number of carbonyl (C=O) groups excluding carboxylic acids is 1. The minimum Gasteiger partial charge on any atom is -0.450 e. The van der Waals surface area contributed by atoms with Gasteiger partial charge < -0.3 is 10.1 Å². The first-order chi connectivity index (χ1) is 4.66. The first kappa shape index (κ1) is 9.49. The summed E-state index contributed by atoms with van der Waals surface area (Å²) in [5.74, 6) is 0. The van der Waals surface area contributed by atoms with Gasteiger partial charge in [0.1, 0.15) is 0 Å². The zero-order valence-corrected chi connectivity index (χ0v) is 7.96. The van der Waals surface area contributed by atoms with Gasteiger partial charge in [-0.05, 0) is 6.04 Å². The van der Waals surface area contributed by atoms with Crippen molar-refractivity contribution < 1.29 is 9.53 Å². The third kappa shape index (κ3) is 5.62. The molecule has 0 aliphatic heterocycles. The van der Waals surface area contributed by atoms with E-state index in [1.807, 2.05) is 0 Å². The fraction of sp³-hybridized carbons (Fsp3) is 0.833. The van der Waals surface area contributed by atoms with Crippen molar-refractivity contribution in [3.8, 4) is 0 Å². The van der Waals surface area contributed by atoms with Crippen LogP contribution in [0.3, 0.4) is 0 Å². The van der Waals surface area contributed by atoms with Crippen molar-refractivity contribution >= 4 is 14.9 Å². The summed E-state index contributed by atoms with van der Waals surface area (Å²) in [5.41, 5.74) is 0. The van der Waals surface area contributed by atoms with Gasteiger partial charge in [-0.25, -0.2) is 4.79 Å². The Balaban J connectivity index is 3.12. The Morgan fingerprint density at radius 1 is 1.60 bits per heavy atom. The number of hydrogen-bond acceptors (Lipinski definition) is 2. The fourth-order valence-electron chi connectivity index (χ4n) is 0.459. The summed E-state index contributed by atoms with van der Waals surface area (Å²) in [6.07, 6.45) is -0.324. The molecule has 0 saturated carbocycles. The first-order valence-electron chi connectivity index (χ1n) is 3.51. The van der Waals surface area contributed by atoms with Crippen LogP contribution in [0, 0.1) is 0 Å². The number of hydrogen-bond donors (Lipinski definition) is 1. The van der Waals surface area contributed by atoms with E-state index >= 15 is 0 Å². The molecule has 1 N–H and O–H groups in total. The monoisotopic (exact) mass is 161 g/mol. The van der Waals surface area contributed by atoms with Crippen LogP contribution in [0.15, 0.2) is 0 Å². The van der Waals surface area contributed by atoms with Crippen LogP contribution in [0.5, 0.6) is 0 Å². The maximum atomic E-state index is 10.5. The first-order valence-corrected chi connectivity index (χ1v) is 6.64. The van der Waals surface area contributed by atoms with Crippen molar-refractivity contribution in [1.29, 1.82) is 0 Å². The molecule has 4 heteroatoms. The zero-order valence-electron chi connectivity index (χ0n) is 6.81. The maximum absolute atomic E-state index is 10.5. The molecule has 0 spiro atoms. The maximum Gasteiger partial charge on any atom is 0.406 e. The van der Waals surface area contributed by atoms with Crippen LogP contribution in [0.25, 0.3) is 0 Å². The molecule has 10 heavy (non-hydrogen) atoms. The lowest BCUT2D eigenvalue weighted by Gasteiger charge is -2.04. The van der Waals surface area contributed by atoms with Crippen LogP contribution in [0.2, 0.25) is 19.1 Å². The average molecular weight is 161 g/mol. The highest BCUT2D eigenvalue weighted by Gasteiger charge is 1.98. The summed E-state index contributed by atoms with van der Waals surface area (Å²) in [4.78, 5) is 10.5. The molecular formula is C6H15NO2Si. The van der Waals surface area contributed by atoms with Crippen LogP contribution >= 0.6 is 0 Å². The number of rotatable bonds is 3. The smallest absolute Gasteiger partial charge is 0.406 e. The van der Waals surface area contributed by atoms with Gasteiger partial charge in [0.15, 0.2) is 0 Å². The van der Waals surface area contributed by atoms with E-state index in [9.17, 15) is 4.79 Å². The molecule has 0 heterocycles. The third-order valence-corrected chi connectivity index (χ3v) is 2.52. The van der Waals surface area contributed by atoms with Crippen molar-refractivity contribution in [2.24, 2.45) is 0 Å². The molecular weight excluding hydrogens is 146 g/mol. The number of ether oxygens (including phenoxy) is 1. The number of amides is 1. The minimum absolute atomic E-state index is 0.324. The van der Waals surface area contributed by atoms with Gasteiger partial charge in [0.25, 0.3) is 0 Å². The second kappa shape index (κ2) is 5.29. The predicted octanol–water partition coefficient (Wildman–Crippen LogP) is 0.829. The molecule has 0 radical (unpaired) electrons. The molecule has 0 unspecified atom stereocenters. The second-order valence-corrected chi connectivity index (χ2v) is 5.93. The molecule has 0 aromatic heterocycles. The van der Waals surface area contributed by atoms with Crippen LogP contribution in [0.1, 0.15) is 0 Å². The van der Waals surface area contributed by atoms with Crippen LogP contribution < -0.4 is 5.32 Å². The molecule has 0 aliphatic rings. The summed E-state index contributed by atoms with van der Waals surface area (Å²) in [5, 5.41) is 2.39. The van der Waals surface area contributed by atoms with E-state index in [2.05, 4.69) is 18.4 Å². The Morgan fingerprint density at radius 3 is 2.60 bits per heavy atom. The van der Waals surface area contributed by atoms with E-state index < -0.39 is 8.80 Å². The molecule has 0 aromatic carbocycles. The normalized spacial score (nSPS) is 9.60. The van der Waals surface area contributed by atoms with Crippen molar-refractivity contribution in [3.05, 3.63) is 0 Å². The van der Waals surface area contributed by atoms with Crippen LogP contribution in [-0.2, 0) is 4.74 Å². The Labute approximate surface area is 63.4 Å². The minimum atomic E-state index is -0.545. The quantitative estimate of drug-likeness (QED) is 0.623. The van der Waals surface area contributed by atoms with E-state index in [1.165, 1.54) is 0 Å². The van der Waals surface area contributed by atoms with E-state index in [0.717, 1.165) is 6.04 Å². The lowest BCUT2D eigenvalue weighted by molar-refractivity contribution is 0.154. The summed E-state index contributed by atoms with van der Waals surface area (Å²) in [6, 6.07) is 1.06. The van der Waals surface area contributed by atoms with Crippen LogP contribution in [0.4, 0.5) is 4.79 Å². The van der Waals surface area contributed by atoms with Gasteiger partial charge in [0.05, 0.1) is 6.61 Å². The zero-order chi connectivity index (χ0) is 7.98. The van der Waals surface area contributed by atoms with E-state index in [0.29, 0.717) is 6.61 Å². The molecule has 3 nitrogen and oxygen atoms in total. The van der Waals surface area contributed by atoms with Gasteiger partial charge in [-0.2, -0.15) is 0 Å². The highest BCUT2D eigenvalue weighted by Crippen LogP contribution is 1.91. The van der Waals surface area contributed by atoms with Crippen molar-refractivity contribution in [2.45, 2.75) is 19.1 Å². The Morgan fingerprint density at radius 2 is 2.20 bits per heavy atom. The second-order valence-electron chi connectivity index (χ2n) is 2.57. The lowest BCUT2D eigenvalue weighted by atomic mass is 10.8. The predicted molar refractivity (Wildman–Crippen MR) is 44.1 cm³/mol. The van der Waals surface area contributed by atoms with Crippen molar-refractivity contribution in [1.82, 2.24) is 5.32 Å². The summed E-state index contributed by atoms with van der Waals surface area (Å²) in [7, 11) is 1.02. The third-order valence-electron chi connectivity index (χ3n) is 1.13. The summed E-state index contributed by atoms with van der Waals surface area (Å²) < 4.78 is 4.79. The Bertz CT molecular complexity index is 106. The Kier molecular flexibility index (Phi) is 5.01. The molecule has 1 amide bonds. The van der Waals surface area contributed by atoms with E-state index in [1.54, 1.807) is 7.05 Å². The average Bonchev–Trinajstić information content (AvgIpc) is 1.87. The Hall–Kier alpha value is -0.513. The molecule has 0 aromatic rings. The van der Waals surface area contributed by atoms with E-state index in [-0.39, 0.29) is 6.09 Å². The van der Waals surface area contributed by atoms with Gasteiger partial charge in [-0.1, -0.05) is 13.1 Å². The van der Waals surface area contributed by atoms with Crippen LogP contribution in [-0.4, -0.2) is 28.5 Å². The molecule has 0 bridgehead atoms. The van der Waals surface area contributed by atoms with Gasteiger partial charge in [0, 0.05) is 15.8 Å². The molecule has 0 rings (SSSR count). The summed E-state index contributed by atoms with van der Waals surface area (Å²) >= 11 is 0. The van der Waals surface area contributed by atoms with E-state index in [4.69, 9.17) is 4.74 Å². The highest BCUT2D eigenvalue weighted by molar-refractivity contribution is 6.55. The molecule has 0 aliphatic carbocycles. The number of alkyl carbamates (subject to hydrolysis) is 1. The number of nitrogens with one attached hydrogen (secondary N) is 1. The lowest BCUT2D eigenvalue weighted by Crippen LogP contribution is -2.20. The van der Waals surface area contributed by atoms with Gasteiger partial charge in [-0.3, -0.25) is 0 Å². The molecule has 0 fully saturated rings. The molecule has 60 valence electrons. The molecule has 0 atom stereocenters. The SMILES string of the molecule is CNC(=O)OCC[SiH](C)C. The fourth-order valence-corrected chi connectivity index (χ4v) is 1.05. The standard InChI is InChI=1S/C6H15NO2Si/c1-7-6(8)9-4-5-10(2)3/h10H,4-5H2,1-3H3,(H,7,8). The summed E-state index contributed by atoms with van der Waals surface area (Å²) in [6.45, 7) is 5.03. The highest BCUT2D eigenvalue weighted by atomic mass is 28.3.